The maximum absolute atomic E-state index is 10.0. The van der Waals surface area contributed by atoms with Crippen LogP contribution in [0.15, 0.2) is 30.5 Å². The average Bonchev–Trinajstić information content (AvgIpc) is 2.58. The van der Waals surface area contributed by atoms with Crippen molar-refractivity contribution in [2.24, 2.45) is 0 Å². The number of hydrogen-bond acceptors (Lipinski definition) is 2. The summed E-state index contributed by atoms with van der Waals surface area (Å²) < 4.78 is 6.80. The fraction of sp³-hybridized carbons (Fsp3) is 0.250. The molecule has 0 saturated carbocycles. The van der Waals surface area contributed by atoms with E-state index in [4.69, 9.17) is 4.74 Å². The predicted molar refractivity (Wildman–Crippen MR) is 58.7 cm³/mol. The Morgan fingerprint density at radius 1 is 1.40 bits per heavy atom. The highest BCUT2D eigenvalue weighted by atomic mass is 16.5. The summed E-state index contributed by atoms with van der Waals surface area (Å²) >= 11 is 0. The Morgan fingerprint density at radius 2 is 2.20 bits per heavy atom. The summed E-state index contributed by atoms with van der Waals surface area (Å²) in [5.41, 5.74) is 2.43. The minimum atomic E-state index is 0.418. The van der Waals surface area contributed by atoms with Crippen LogP contribution >= 0.6 is 0 Å². The van der Waals surface area contributed by atoms with Crippen molar-refractivity contribution in [3.63, 3.8) is 0 Å². The van der Waals surface area contributed by atoms with Crippen molar-refractivity contribution in [1.82, 2.24) is 4.57 Å². The molecule has 0 aliphatic heterocycles. The van der Waals surface area contributed by atoms with E-state index in [0.717, 1.165) is 0 Å². The Morgan fingerprint density at radius 3 is 3.00 bits per heavy atom. The third kappa shape index (κ3) is 1.86. The lowest BCUT2D eigenvalue weighted by Crippen LogP contribution is -2.03. The second-order valence-corrected chi connectivity index (χ2v) is 3.49. The van der Waals surface area contributed by atoms with Gasteiger partial charge in [0.2, 0.25) is 0 Å². The van der Waals surface area contributed by atoms with Gasteiger partial charge in [0.15, 0.2) is 0 Å². The zero-order valence-electron chi connectivity index (χ0n) is 8.64. The van der Waals surface area contributed by atoms with Crippen molar-refractivity contribution < 1.29 is 9.53 Å². The predicted octanol–water partition coefficient (Wildman–Crippen LogP) is 2.12. The third-order valence-electron chi connectivity index (χ3n) is 2.51. The Bertz CT molecular complexity index is 473. The molecule has 1 aromatic heterocycles. The van der Waals surface area contributed by atoms with E-state index in [-0.39, 0.29) is 0 Å². The van der Waals surface area contributed by atoms with Crippen LogP contribution in [0.25, 0.3) is 10.9 Å². The van der Waals surface area contributed by atoms with Crippen LogP contribution in [0.1, 0.15) is 5.56 Å². The van der Waals surface area contributed by atoms with Gasteiger partial charge in [-0.3, -0.25) is 4.79 Å². The fourth-order valence-corrected chi connectivity index (χ4v) is 1.81. The number of aryl methyl sites for hydroxylation is 1. The van der Waals surface area contributed by atoms with Crippen molar-refractivity contribution in [3.05, 3.63) is 36.0 Å². The molecule has 0 aliphatic rings. The smallest absolute Gasteiger partial charge is 0.293 e. The number of rotatable bonds is 4. The monoisotopic (exact) mass is 203 g/mol. The van der Waals surface area contributed by atoms with Crippen LogP contribution in [0, 0.1) is 6.92 Å². The van der Waals surface area contributed by atoms with Crippen LogP contribution in [0.2, 0.25) is 0 Å². The number of benzene rings is 1. The van der Waals surface area contributed by atoms with Crippen LogP contribution < -0.4 is 0 Å². The molecule has 0 fully saturated rings. The van der Waals surface area contributed by atoms with Gasteiger partial charge in [-0.1, -0.05) is 18.2 Å². The van der Waals surface area contributed by atoms with Crippen molar-refractivity contribution in [2.45, 2.75) is 13.5 Å². The number of hydrogen-bond donors (Lipinski definition) is 0. The molecular formula is C12H13NO2. The third-order valence-corrected chi connectivity index (χ3v) is 2.51. The van der Waals surface area contributed by atoms with Crippen molar-refractivity contribution in [1.29, 1.82) is 0 Å². The first-order chi connectivity index (χ1) is 7.33. The van der Waals surface area contributed by atoms with E-state index in [2.05, 4.69) is 29.8 Å². The maximum Gasteiger partial charge on any atom is 0.293 e. The van der Waals surface area contributed by atoms with Crippen molar-refractivity contribution >= 4 is 17.4 Å². The molecule has 3 heteroatoms. The van der Waals surface area contributed by atoms with Gasteiger partial charge in [-0.05, 0) is 18.6 Å². The van der Waals surface area contributed by atoms with Gasteiger partial charge in [0.1, 0.15) is 6.61 Å². The van der Waals surface area contributed by atoms with Gasteiger partial charge >= 0.3 is 0 Å². The highest BCUT2D eigenvalue weighted by Gasteiger charge is 2.03. The molecule has 0 unspecified atom stereocenters. The molecule has 1 aromatic carbocycles. The summed E-state index contributed by atoms with van der Waals surface area (Å²) in [5.74, 6) is 0. The van der Waals surface area contributed by atoms with E-state index >= 15 is 0 Å². The van der Waals surface area contributed by atoms with Gasteiger partial charge in [-0.15, -0.1) is 0 Å². The topological polar surface area (TPSA) is 31.2 Å². The lowest BCUT2D eigenvalue weighted by atomic mass is 10.2. The van der Waals surface area contributed by atoms with E-state index in [1.807, 2.05) is 12.1 Å². The average molecular weight is 203 g/mol. The molecule has 0 amide bonds. The molecule has 2 rings (SSSR count). The lowest BCUT2D eigenvalue weighted by molar-refractivity contribution is -0.128. The minimum Gasteiger partial charge on any atom is -0.466 e. The first-order valence-electron chi connectivity index (χ1n) is 4.92. The summed E-state index contributed by atoms with van der Waals surface area (Å²) in [4.78, 5) is 10.0. The summed E-state index contributed by atoms with van der Waals surface area (Å²) in [6.45, 7) is 3.69. The lowest BCUT2D eigenvalue weighted by Gasteiger charge is -2.03. The number of nitrogens with zero attached hydrogens (tertiary/aromatic N) is 1. The second-order valence-electron chi connectivity index (χ2n) is 3.49. The molecular weight excluding hydrogens is 190 g/mol. The van der Waals surface area contributed by atoms with Crippen LogP contribution in [0.3, 0.4) is 0 Å². The number of carbonyl (C=O) groups excluding carboxylic acids is 1. The van der Waals surface area contributed by atoms with Gasteiger partial charge < -0.3 is 9.30 Å². The molecule has 0 spiro atoms. The summed E-state index contributed by atoms with van der Waals surface area (Å²) in [6, 6.07) is 8.21. The van der Waals surface area contributed by atoms with Gasteiger partial charge in [-0.25, -0.2) is 0 Å². The highest BCUT2D eigenvalue weighted by molar-refractivity contribution is 5.83. The van der Waals surface area contributed by atoms with E-state index in [0.29, 0.717) is 19.6 Å². The van der Waals surface area contributed by atoms with Gasteiger partial charge in [-0.2, -0.15) is 0 Å². The number of carbonyl (C=O) groups is 1. The van der Waals surface area contributed by atoms with Crippen molar-refractivity contribution in [2.75, 3.05) is 6.61 Å². The summed E-state index contributed by atoms with van der Waals surface area (Å²) in [5, 5.41) is 1.25. The van der Waals surface area contributed by atoms with Crippen LogP contribution in [0.5, 0.6) is 0 Å². The largest absolute Gasteiger partial charge is 0.466 e. The fourth-order valence-electron chi connectivity index (χ4n) is 1.81. The number of para-hydroxylation sites is 1. The summed E-state index contributed by atoms with van der Waals surface area (Å²) in [7, 11) is 0. The van der Waals surface area contributed by atoms with E-state index < -0.39 is 0 Å². The molecule has 2 aromatic rings. The molecule has 0 saturated heterocycles. The Kier molecular flexibility index (Phi) is 2.72. The molecule has 15 heavy (non-hydrogen) atoms. The van der Waals surface area contributed by atoms with Crippen LogP contribution in [-0.4, -0.2) is 17.6 Å². The number of ether oxygens (including phenoxy) is 1. The number of fused-ring (bicyclic) bond motifs is 1. The molecule has 0 atom stereocenters. The molecule has 0 aliphatic carbocycles. The van der Waals surface area contributed by atoms with E-state index in [9.17, 15) is 4.79 Å². The zero-order valence-corrected chi connectivity index (χ0v) is 8.64. The van der Waals surface area contributed by atoms with Crippen LogP contribution in [0.4, 0.5) is 0 Å². The first kappa shape index (κ1) is 9.77. The SMILES string of the molecule is Cc1cn(CCOC=O)c2ccccc12. The highest BCUT2D eigenvalue weighted by Crippen LogP contribution is 2.19. The molecule has 0 N–H and O–H groups in total. The Balaban J connectivity index is 2.31. The summed E-state index contributed by atoms with van der Waals surface area (Å²) in [6.07, 6.45) is 2.08. The molecule has 0 bridgehead atoms. The minimum absolute atomic E-state index is 0.418. The number of aromatic nitrogens is 1. The quantitative estimate of drug-likeness (QED) is 0.563. The van der Waals surface area contributed by atoms with E-state index in [1.165, 1.54) is 16.5 Å². The molecule has 0 radical (unpaired) electrons. The Hall–Kier alpha value is -1.77. The van der Waals surface area contributed by atoms with Crippen LogP contribution in [-0.2, 0) is 16.1 Å². The molecule has 1 heterocycles. The maximum atomic E-state index is 10.0. The molecule has 3 nitrogen and oxygen atoms in total. The Labute approximate surface area is 88.3 Å². The molecule has 78 valence electrons. The van der Waals surface area contributed by atoms with Gasteiger partial charge in [0.25, 0.3) is 6.47 Å². The van der Waals surface area contributed by atoms with Gasteiger partial charge in [0, 0.05) is 17.1 Å². The van der Waals surface area contributed by atoms with E-state index in [1.54, 1.807) is 0 Å². The zero-order chi connectivity index (χ0) is 10.7. The van der Waals surface area contributed by atoms with Gasteiger partial charge in [0.05, 0.1) is 6.54 Å². The second kappa shape index (κ2) is 4.17. The standard InChI is InChI=1S/C12H13NO2/c1-10-8-13(6-7-15-9-14)12-5-3-2-4-11(10)12/h2-5,8-9H,6-7H2,1H3. The van der Waals surface area contributed by atoms with Crippen molar-refractivity contribution in [3.8, 4) is 0 Å². The normalized spacial score (nSPS) is 10.5. The first-order valence-corrected chi connectivity index (χ1v) is 4.92.